The second kappa shape index (κ2) is 8.33. The van der Waals surface area contributed by atoms with Gasteiger partial charge in [0.15, 0.2) is 5.78 Å². The molecular formula is C25H26ClN3O2. The lowest BCUT2D eigenvalue weighted by molar-refractivity contribution is -0.139. The number of fused-ring (bicyclic) bond motifs is 1. The maximum atomic E-state index is 11.8. The minimum absolute atomic E-state index is 0.0163. The van der Waals surface area contributed by atoms with E-state index in [9.17, 15) is 4.79 Å². The molecule has 0 fully saturated rings. The van der Waals surface area contributed by atoms with Crippen molar-refractivity contribution in [2.75, 3.05) is 0 Å². The number of ketones is 1. The molecule has 2 aromatic carbocycles. The Morgan fingerprint density at radius 1 is 1.13 bits per heavy atom. The zero-order valence-electron chi connectivity index (χ0n) is 18.2. The molecule has 0 saturated heterocycles. The number of aromatic nitrogens is 3. The minimum Gasteiger partial charge on any atom is -0.361 e. The molecule has 0 saturated carbocycles. The quantitative estimate of drug-likeness (QED) is 0.378. The normalized spacial score (nSPS) is 11.9. The van der Waals surface area contributed by atoms with Gasteiger partial charge in [-0.3, -0.25) is 9.48 Å². The van der Waals surface area contributed by atoms with Crippen LogP contribution in [0.3, 0.4) is 0 Å². The van der Waals surface area contributed by atoms with E-state index in [1.165, 1.54) is 12.3 Å². The molecule has 0 bridgehead atoms. The molecule has 0 radical (unpaired) electrons. The highest BCUT2D eigenvalue weighted by Gasteiger charge is 2.25. The third-order valence-corrected chi connectivity index (χ3v) is 6.09. The molecule has 0 N–H and O–H groups in total. The van der Waals surface area contributed by atoms with E-state index in [0.29, 0.717) is 11.6 Å². The molecule has 160 valence electrons. The van der Waals surface area contributed by atoms with E-state index < -0.39 is 5.60 Å². The summed E-state index contributed by atoms with van der Waals surface area (Å²) >= 11 is 6.41. The van der Waals surface area contributed by atoms with Crippen molar-refractivity contribution < 1.29 is 9.53 Å². The van der Waals surface area contributed by atoms with Gasteiger partial charge in [0.05, 0.1) is 24.5 Å². The Hall–Kier alpha value is -2.89. The van der Waals surface area contributed by atoms with Gasteiger partial charge in [-0.2, -0.15) is 5.10 Å². The first kappa shape index (κ1) is 21.3. The van der Waals surface area contributed by atoms with Gasteiger partial charge in [0.2, 0.25) is 0 Å². The lowest BCUT2D eigenvalue weighted by Gasteiger charge is -2.21. The lowest BCUT2D eigenvalue weighted by Crippen LogP contribution is -2.32. The molecule has 0 unspecified atom stereocenters. The Labute approximate surface area is 187 Å². The van der Waals surface area contributed by atoms with Gasteiger partial charge >= 0.3 is 0 Å². The maximum absolute atomic E-state index is 11.8. The number of nitrogens with zero attached hydrogens (tertiary/aromatic N) is 3. The highest BCUT2D eigenvalue weighted by Crippen LogP contribution is 2.28. The summed E-state index contributed by atoms with van der Waals surface area (Å²) in [6.07, 6.45) is 2.05. The average Bonchev–Trinajstić information content (AvgIpc) is 3.31. The molecule has 2 heterocycles. The van der Waals surface area contributed by atoms with E-state index in [2.05, 4.69) is 35.0 Å². The Kier molecular flexibility index (Phi) is 5.73. The van der Waals surface area contributed by atoms with Crippen molar-refractivity contribution in [1.82, 2.24) is 14.3 Å². The third-order valence-electron chi connectivity index (χ3n) is 5.72. The lowest BCUT2D eigenvalue weighted by atomic mass is 10.1. The predicted octanol–water partition coefficient (Wildman–Crippen LogP) is 5.63. The van der Waals surface area contributed by atoms with Crippen molar-refractivity contribution in [3.8, 4) is 11.3 Å². The van der Waals surface area contributed by atoms with Crippen molar-refractivity contribution in [2.24, 2.45) is 7.05 Å². The van der Waals surface area contributed by atoms with Gasteiger partial charge in [-0.05, 0) is 56.0 Å². The largest absolute Gasteiger partial charge is 0.361 e. The zero-order valence-corrected chi connectivity index (χ0v) is 19.0. The Morgan fingerprint density at radius 2 is 1.90 bits per heavy atom. The predicted molar refractivity (Wildman–Crippen MR) is 124 cm³/mol. The van der Waals surface area contributed by atoms with E-state index in [4.69, 9.17) is 21.4 Å². The fourth-order valence-electron chi connectivity index (χ4n) is 3.46. The molecule has 4 aromatic rings. The van der Waals surface area contributed by atoms with Crippen LogP contribution in [0.1, 0.15) is 32.0 Å². The van der Waals surface area contributed by atoms with E-state index in [-0.39, 0.29) is 12.4 Å². The van der Waals surface area contributed by atoms with Crippen LogP contribution in [0.2, 0.25) is 5.02 Å². The Morgan fingerprint density at radius 3 is 2.65 bits per heavy atom. The van der Waals surface area contributed by atoms with Crippen LogP contribution < -0.4 is 0 Å². The highest BCUT2D eigenvalue weighted by atomic mass is 35.5. The number of aryl methyl sites for hydroxylation is 1. The number of hydrogen-bond acceptors (Lipinski definition) is 3. The standard InChI is InChI=1S/C25H26ClN3O2/c1-17(30)25(2,3)31-16-21-14-24(19-10-9-18-11-12-28(4)23(18)13-19)29(27-21)15-20-7-5-6-8-22(20)26/h5-14H,15-16H2,1-4H3. The van der Waals surface area contributed by atoms with E-state index in [1.807, 2.05) is 42.1 Å². The molecule has 0 aliphatic heterocycles. The van der Waals surface area contributed by atoms with Crippen LogP contribution in [0, 0.1) is 0 Å². The van der Waals surface area contributed by atoms with Crippen molar-refractivity contribution >= 4 is 28.3 Å². The van der Waals surface area contributed by atoms with E-state index in [1.54, 1.807) is 13.8 Å². The number of carbonyl (C=O) groups excluding carboxylic acids is 1. The molecule has 2 aromatic heterocycles. The molecular weight excluding hydrogens is 410 g/mol. The molecule has 4 rings (SSSR count). The molecule has 0 spiro atoms. The van der Waals surface area contributed by atoms with Gasteiger partial charge in [0.1, 0.15) is 5.60 Å². The van der Waals surface area contributed by atoms with Crippen LogP contribution in [-0.4, -0.2) is 25.7 Å². The summed E-state index contributed by atoms with van der Waals surface area (Å²) in [4.78, 5) is 11.8. The van der Waals surface area contributed by atoms with Gasteiger partial charge in [0, 0.05) is 29.3 Å². The van der Waals surface area contributed by atoms with Crippen LogP contribution in [0.5, 0.6) is 0 Å². The Balaban J connectivity index is 1.73. The first-order chi connectivity index (χ1) is 14.7. The fraction of sp³-hybridized carbons (Fsp3) is 0.280. The SMILES string of the molecule is CC(=O)C(C)(C)OCc1cc(-c2ccc3ccn(C)c3c2)n(Cc2ccccc2Cl)n1. The highest BCUT2D eigenvalue weighted by molar-refractivity contribution is 6.31. The van der Waals surface area contributed by atoms with Crippen LogP contribution in [0.25, 0.3) is 22.2 Å². The van der Waals surface area contributed by atoms with Crippen molar-refractivity contribution in [2.45, 2.75) is 39.5 Å². The van der Waals surface area contributed by atoms with Crippen molar-refractivity contribution in [1.29, 1.82) is 0 Å². The number of carbonyl (C=O) groups is 1. The zero-order chi connectivity index (χ0) is 22.2. The number of hydrogen-bond donors (Lipinski definition) is 0. The number of rotatable bonds is 7. The molecule has 0 aliphatic carbocycles. The maximum Gasteiger partial charge on any atom is 0.161 e. The molecule has 0 atom stereocenters. The second-order valence-corrected chi connectivity index (χ2v) is 8.73. The first-order valence-corrected chi connectivity index (χ1v) is 10.6. The van der Waals surface area contributed by atoms with E-state index in [0.717, 1.165) is 28.0 Å². The third kappa shape index (κ3) is 4.43. The van der Waals surface area contributed by atoms with Crippen LogP contribution in [-0.2, 0) is 29.7 Å². The molecule has 5 nitrogen and oxygen atoms in total. The fourth-order valence-corrected chi connectivity index (χ4v) is 3.65. The molecule has 0 aliphatic rings. The number of Topliss-reactive ketones (excluding diaryl/α,β-unsaturated/α-hetero) is 1. The molecule has 31 heavy (non-hydrogen) atoms. The summed E-state index contributed by atoms with van der Waals surface area (Å²) in [7, 11) is 2.04. The number of ether oxygens (including phenoxy) is 1. The number of benzene rings is 2. The van der Waals surface area contributed by atoms with Crippen LogP contribution in [0.4, 0.5) is 0 Å². The average molecular weight is 436 g/mol. The van der Waals surface area contributed by atoms with E-state index >= 15 is 0 Å². The molecule has 6 heteroatoms. The van der Waals surface area contributed by atoms with Gasteiger partial charge in [-0.1, -0.05) is 41.9 Å². The first-order valence-electron chi connectivity index (χ1n) is 10.3. The smallest absolute Gasteiger partial charge is 0.161 e. The summed E-state index contributed by atoms with van der Waals surface area (Å²) in [5.41, 5.74) is 4.09. The topological polar surface area (TPSA) is 49.0 Å². The van der Waals surface area contributed by atoms with Gasteiger partial charge in [-0.15, -0.1) is 0 Å². The minimum atomic E-state index is -0.853. The van der Waals surface area contributed by atoms with Crippen LogP contribution >= 0.6 is 11.6 Å². The van der Waals surface area contributed by atoms with Crippen molar-refractivity contribution in [3.63, 3.8) is 0 Å². The van der Waals surface area contributed by atoms with Gasteiger partial charge in [0.25, 0.3) is 0 Å². The molecule has 0 amide bonds. The summed E-state index contributed by atoms with van der Waals surface area (Å²) in [6.45, 7) is 5.88. The van der Waals surface area contributed by atoms with Crippen molar-refractivity contribution in [3.05, 3.63) is 77.1 Å². The Bertz CT molecular complexity index is 1250. The number of halogens is 1. The second-order valence-electron chi connectivity index (χ2n) is 8.33. The van der Waals surface area contributed by atoms with Gasteiger partial charge < -0.3 is 9.30 Å². The monoisotopic (exact) mass is 435 g/mol. The van der Waals surface area contributed by atoms with Crippen LogP contribution in [0.15, 0.2) is 60.8 Å². The summed E-state index contributed by atoms with van der Waals surface area (Å²) < 4.78 is 9.93. The summed E-state index contributed by atoms with van der Waals surface area (Å²) in [5, 5.41) is 6.69. The summed E-state index contributed by atoms with van der Waals surface area (Å²) in [6, 6.07) is 18.3. The van der Waals surface area contributed by atoms with Gasteiger partial charge in [-0.25, -0.2) is 0 Å². The summed E-state index contributed by atoms with van der Waals surface area (Å²) in [5.74, 6) is -0.0163.